The smallest absolute Gasteiger partial charge is 0.166 e. The molecule has 0 spiro atoms. The molecule has 0 saturated carbocycles. The summed E-state index contributed by atoms with van der Waals surface area (Å²) in [5.74, 6) is 2.45. The summed E-state index contributed by atoms with van der Waals surface area (Å²) in [6.07, 6.45) is 1.08. The molecule has 98 valence electrons. The zero-order chi connectivity index (χ0) is 13.4. The standard InChI is InChI=1S/C14H17N5/c1-18(2)13-5-3-4-12-11(8-15)17-14(19(12)13)10-6-7-16-9-10/h3-5,10,16H,6-7,9H2,1-2H3. The molecule has 1 atom stereocenters. The predicted molar refractivity (Wildman–Crippen MR) is 74.5 cm³/mol. The second-order valence-corrected chi connectivity index (χ2v) is 5.12. The number of hydrogen-bond donors (Lipinski definition) is 1. The van der Waals surface area contributed by atoms with E-state index in [9.17, 15) is 5.26 Å². The summed E-state index contributed by atoms with van der Waals surface area (Å²) in [6.45, 7) is 1.96. The lowest BCUT2D eigenvalue weighted by Crippen LogP contribution is -2.16. The van der Waals surface area contributed by atoms with E-state index in [1.807, 2.05) is 26.2 Å². The van der Waals surface area contributed by atoms with Gasteiger partial charge >= 0.3 is 0 Å². The molecular weight excluding hydrogens is 238 g/mol. The lowest BCUT2D eigenvalue weighted by atomic mass is 10.1. The number of aromatic nitrogens is 2. The first-order valence-electron chi connectivity index (χ1n) is 6.52. The van der Waals surface area contributed by atoms with Gasteiger partial charge in [-0.2, -0.15) is 5.26 Å². The van der Waals surface area contributed by atoms with E-state index in [0.717, 1.165) is 36.7 Å². The monoisotopic (exact) mass is 255 g/mol. The second-order valence-electron chi connectivity index (χ2n) is 5.12. The van der Waals surface area contributed by atoms with E-state index in [1.54, 1.807) is 0 Å². The largest absolute Gasteiger partial charge is 0.364 e. The first kappa shape index (κ1) is 12.0. The summed E-state index contributed by atoms with van der Waals surface area (Å²) in [7, 11) is 4.02. The van der Waals surface area contributed by atoms with Crippen LogP contribution < -0.4 is 10.2 Å². The Bertz CT molecular complexity index is 644. The van der Waals surface area contributed by atoms with Crippen molar-refractivity contribution < 1.29 is 0 Å². The normalized spacial score (nSPS) is 18.7. The number of nitrogens with zero attached hydrogens (tertiary/aromatic N) is 4. The average molecular weight is 255 g/mol. The molecule has 0 amide bonds. The zero-order valence-electron chi connectivity index (χ0n) is 11.2. The first-order chi connectivity index (χ1) is 9.22. The highest BCUT2D eigenvalue weighted by Crippen LogP contribution is 2.28. The fraction of sp³-hybridized carbons (Fsp3) is 0.429. The third kappa shape index (κ3) is 1.85. The van der Waals surface area contributed by atoms with Crippen molar-refractivity contribution in [2.75, 3.05) is 32.1 Å². The van der Waals surface area contributed by atoms with E-state index in [2.05, 4.69) is 31.7 Å². The number of nitriles is 1. The molecule has 0 radical (unpaired) electrons. The van der Waals surface area contributed by atoms with Crippen LogP contribution in [0, 0.1) is 11.3 Å². The number of hydrogen-bond acceptors (Lipinski definition) is 4. The van der Waals surface area contributed by atoms with E-state index in [1.165, 1.54) is 0 Å². The van der Waals surface area contributed by atoms with Crippen molar-refractivity contribution >= 4 is 11.3 Å². The van der Waals surface area contributed by atoms with Crippen molar-refractivity contribution in [1.29, 1.82) is 5.26 Å². The van der Waals surface area contributed by atoms with Crippen LogP contribution >= 0.6 is 0 Å². The van der Waals surface area contributed by atoms with E-state index in [-0.39, 0.29) is 0 Å². The van der Waals surface area contributed by atoms with Gasteiger partial charge in [0.15, 0.2) is 5.69 Å². The number of nitrogens with one attached hydrogen (secondary N) is 1. The molecule has 5 nitrogen and oxygen atoms in total. The van der Waals surface area contributed by atoms with Gasteiger partial charge in [-0.1, -0.05) is 6.07 Å². The highest BCUT2D eigenvalue weighted by Gasteiger charge is 2.24. The minimum absolute atomic E-state index is 0.385. The Balaban J connectivity index is 2.28. The third-order valence-corrected chi connectivity index (χ3v) is 3.66. The van der Waals surface area contributed by atoms with Gasteiger partial charge in [-0.05, 0) is 25.1 Å². The van der Waals surface area contributed by atoms with Crippen molar-refractivity contribution in [2.45, 2.75) is 12.3 Å². The number of rotatable bonds is 2. The molecule has 1 fully saturated rings. The Morgan fingerprint density at radius 1 is 1.47 bits per heavy atom. The van der Waals surface area contributed by atoms with Gasteiger partial charge in [0.1, 0.15) is 17.7 Å². The maximum atomic E-state index is 9.27. The fourth-order valence-corrected chi connectivity index (χ4v) is 2.73. The number of anilines is 1. The fourth-order valence-electron chi connectivity index (χ4n) is 2.73. The molecule has 2 aromatic heterocycles. The molecule has 1 aliphatic heterocycles. The predicted octanol–water partition coefficient (Wildman–Crippen LogP) is 1.35. The van der Waals surface area contributed by atoms with Gasteiger partial charge in [0.2, 0.25) is 0 Å². The van der Waals surface area contributed by atoms with Gasteiger partial charge in [0.25, 0.3) is 0 Å². The van der Waals surface area contributed by atoms with Crippen molar-refractivity contribution in [1.82, 2.24) is 14.7 Å². The van der Waals surface area contributed by atoms with Gasteiger partial charge in [-0.25, -0.2) is 4.98 Å². The lowest BCUT2D eigenvalue weighted by molar-refractivity contribution is 0.696. The summed E-state index contributed by atoms with van der Waals surface area (Å²) in [6, 6.07) is 8.21. The maximum Gasteiger partial charge on any atom is 0.166 e. The van der Waals surface area contributed by atoms with Crippen molar-refractivity contribution in [3.8, 4) is 6.07 Å². The highest BCUT2D eigenvalue weighted by atomic mass is 15.2. The molecule has 1 aliphatic rings. The summed E-state index contributed by atoms with van der Waals surface area (Å²) >= 11 is 0. The van der Waals surface area contributed by atoms with Crippen LogP contribution in [0.4, 0.5) is 5.82 Å². The SMILES string of the molecule is CN(C)c1cccc2c(C#N)nc(C3CCNC3)n12. The van der Waals surface area contributed by atoms with Gasteiger partial charge in [-0.3, -0.25) is 4.40 Å². The second kappa shape index (κ2) is 4.56. The Morgan fingerprint density at radius 3 is 2.95 bits per heavy atom. The molecule has 2 aromatic rings. The van der Waals surface area contributed by atoms with Crippen LogP contribution in [-0.4, -0.2) is 36.6 Å². The average Bonchev–Trinajstić information content (AvgIpc) is 3.04. The van der Waals surface area contributed by atoms with E-state index in [4.69, 9.17) is 0 Å². The Kier molecular flexibility index (Phi) is 2.88. The van der Waals surface area contributed by atoms with Crippen LogP contribution in [0.25, 0.3) is 5.52 Å². The summed E-state index contributed by atoms with van der Waals surface area (Å²) in [4.78, 5) is 6.63. The van der Waals surface area contributed by atoms with Crippen LogP contribution in [0.15, 0.2) is 18.2 Å². The van der Waals surface area contributed by atoms with Gasteiger partial charge in [0.05, 0.1) is 5.52 Å². The summed E-state index contributed by atoms with van der Waals surface area (Å²) in [5.41, 5.74) is 1.42. The van der Waals surface area contributed by atoms with Crippen LogP contribution in [0.2, 0.25) is 0 Å². The molecule has 1 saturated heterocycles. The molecule has 0 aromatic carbocycles. The van der Waals surface area contributed by atoms with Gasteiger partial charge in [-0.15, -0.1) is 0 Å². The van der Waals surface area contributed by atoms with E-state index >= 15 is 0 Å². The van der Waals surface area contributed by atoms with Crippen LogP contribution in [0.3, 0.4) is 0 Å². The molecular formula is C14H17N5. The molecule has 3 rings (SSSR count). The quantitative estimate of drug-likeness (QED) is 0.880. The van der Waals surface area contributed by atoms with Crippen molar-refractivity contribution in [2.24, 2.45) is 0 Å². The third-order valence-electron chi connectivity index (χ3n) is 3.66. The van der Waals surface area contributed by atoms with Gasteiger partial charge < -0.3 is 10.2 Å². The molecule has 5 heteroatoms. The van der Waals surface area contributed by atoms with E-state index < -0.39 is 0 Å². The highest BCUT2D eigenvalue weighted by molar-refractivity contribution is 5.64. The minimum Gasteiger partial charge on any atom is -0.364 e. The topological polar surface area (TPSA) is 56.4 Å². The van der Waals surface area contributed by atoms with Crippen molar-refractivity contribution in [3.05, 3.63) is 29.7 Å². The van der Waals surface area contributed by atoms with Gasteiger partial charge in [0, 0.05) is 26.6 Å². The Labute approximate surface area is 112 Å². The van der Waals surface area contributed by atoms with E-state index in [0.29, 0.717) is 11.6 Å². The molecule has 0 aliphatic carbocycles. The lowest BCUT2D eigenvalue weighted by Gasteiger charge is -2.17. The number of pyridine rings is 1. The number of fused-ring (bicyclic) bond motifs is 1. The van der Waals surface area contributed by atoms with Crippen LogP contribution in [0.1, 0.15) is 23.9 Å². The summed E-state index contributed by atoms with van der Waals surface area (Å²) < 4.78 is 2.12. The maximum absolute atomic E-state index is 9.27. The zero-order valence-corrected chi connectivity index (χ0v) is 11.2. The Morgan fingerprint density at radius 2 is 2.32 bits per heavy atom. The minimum atomic E-state index is 0.385. The molecule has 3 heterocycles. The molecule has 19 heavy (non-hydrogen) atoms. The summed E-state index contributed by atoms with van der Waals surface area (Å²) in [5, 5.41) is 12.6. The van der Waals surface area contributed by atoms with Crippen molar-refractivity contribution in [3.63, 3.8) is 0 Å². The number of imidazole rings is 1. The molecule has 1 unspecified atom stereocenters. The Hall–Kier alpha value is -2.06. The van der Waals surface area contributed by atoms with Crippen LogP contribution in [0.5, 0.6) is 0 Å². The molecule has 1 N–H and O–H groups in total. The molecule has 0 bridgehead atoms. The van der Waals surface area contributed by atoms with Crippen LogP contribution in [-0.2, 0) is 0 Å². The first-order valence-corrected chi connectivity index (χ1v) is 6.52.